The lowest BCUT2D eigenvalue weighted by Gasteiger charge is -2.13. The highest BCUT2D eigenvalue weighted by atomic mass is 16.5. The highest BCUT2D eigenvalue weighted by molar-refractivity contribution is 5.97. The largest absolute Gasteiger partial charge is 0.493 e. The van der Waals surface area contributed by atoms with E-state index in [1.54, 1.807) is 0 Å². The van der Waals surface area contributed by atoms with E-state index in [-0.39, 0.29) is 0 Å². The van der Waals surface area contributed by atoms with Crippen molar-refractivity contribution in [1.82, 2.24) is 0 Å². The molecule has 24 heavy (non-hydrogen) atoms. The number of fused-ring (bicyclic) bond motifs is 1. The fourth-order valence-electron chi connectivity index (χ4n) is 3.05. The van der Waals surface area contributed by atoms with E-state index in [9.17, 15) is 0 Å². The van der Waals surface area contributed by atoms with Crippen LogP contribution in [0, 0.1) is 0 Å². The van der Waals surface area contributed by atoms with Gasteiger partial charge in [0.1, 0.15) is 5.75 Å². The second-order valence-electron chi connectivity index (χ2n) is 6.55. The van der Waals surface area contributed by atoms with E-state index in [1.807, 2.05) is 0 Å². The molecule has 2 rings (SSSR count). The summed E-state index contributed by atoms with van der Waals surface area (Å²) in [5.41, 5.74) is 1.22. The highest BCUT2D eigenvalue weighted by Crippen LogP contribution is 2.31. The van der Waals surface area contributed by atoms with Gasteiger partial charge in [0, 0.05) is 23.0 Å². The topological polar surface area (TPSA) is 21.3 Å². The molecular formula is C22H33NO. The van der Waals surface area contributed by atoms with Gasteiger partial charge in [0.2, 0.25) is 0 Å². The van der Waals surface area contributed by atoms with Gasteiger partial charge in [-0.1, -0.05) is 76.6 Å². The van der Waals surface area contributed by atoms with Gasteiger partial charge < -0.3 is 10.1 Å². The van der Waals surface area contributed by atoms with Crippen LogP contribution in [0.4, 0.5) is 5.69 Å². The summed E-state index contributed by atoms with van der Waals surface area (Å²) >= 11 is 0. The van der Waals surface area contributed by atoms with Gasteiger partial charge >= 0.3 is 0 Å². The van der Waals surface area contributed by atoms with Gasteiger partial charge in [0.15, 0.2) is 0 Å². The summed E-state index contributed by atoms with van der Waals surface area (Å²) in [4.78, 5) is 0. The van der Waals surface area contributed by atoms with Gasteiger partial charge in [-0.25, -0.2) is 0 Å². The molecule has 0 aliphatic heterocycles. The Morgan fingerprint density at radius 2 is 1.46 bits per heavy atom. The Hall–Kier alpha value is -1.70. The molecule has 2 aromatic rings. The second kappa shape index (κ2) is 11.0. The van der Waals surface area contributed by atoms with E-state index in [1.165, 1.54) is 61.4 Å². The first-order valence-electron chi connectivity index (χ1n) is 9.75. The summed E-state index contributed by atoms with van der Waals surface area (Å²) in [5, 5.41) is 6.08. The fourth-order valence-corrected chi connectivity index (χ4v) is 3.05. The number of hydrogen-bond acceptors (Lipinski definition) is 2. The molecule has 0 heterocycles. The van der Waals surface area contributed by atoms with E-state index in [2.05, 4.69) is 55.6 Å². The maximum atomic E-state index is 6.05. The standard InChI is InChI=1S/C22H33NO/c1-3-5-7-9-17-23-21-15-11-14-20-19(21)13-12-16-22(20)24-18-10-8-6-4-2/h11-16,23H,3-10,17-18H2,1-2H3. The molecule has 2 aromatic carbocycles. The lowest BCUT2D eigenvalue weighted by molar-refractivity contribution is 0.308. The molecule has 0 aliphatic rings. The number of hydrogen-bond donors (Lipinski definition) is 1. The molecule has 0 fully saturated rings. The number of benzene rings is 2. The first-order chi connectivity index (χ1) is 11.9. The van der Waals surface area contributed by atoms with Crippen molar-refractivity contribution in [2.75, 3.05) is 18.5 Å². The van der Waals surface area contributed by atoms with Gasteiger partial charge in [0.05, 0.1) is 6.61 Å². The van der Waals surface area contributed by atoms with Gasteiger partial charge in [-0.15, -0.1) is 0 Å². The predicted molar refractivity (Wildman–Crippen MR) is 106 cm³/mol. The number of nitrogens with one attached hydrogen (secondary N) is 1. The van der Waals surface area contributed by atoms with Gasteiger partial charge in [-0.05, 0) is 25.0 Å². The van der Waals surface area contributed by atoms with Gasteiger partial charge in [0.25, 0.3) is 0 Å². The van der Waals surface area contributed by atoms with E-state index in [4.69, 9.17) is 4.74 Å². The van der Waals surface area contributed by atoms with Crippen molar-refractivity contribution < 1.29 is 4.74 Å². The van der Waals surface area contributed by atoms with Crippen LogP contribution in [-0.4, -0.2) is 13.2 Å². The van der Waals surface area contributed by atoms with Crippen LogP contribution in [0.2, 0.25) is 0 Å². The molecule has 0 radical (unpaired) electrons. The minimum atomic E-state index is 0.813. The average molecular weight is 328 g/mol. The third-order valence-electron chi connectivity index (χ3n) is 4.48. The molecular weight excluding hydrogens is 294 g/mol. The molecule has 0 atom stereocenters. The zero-order chi connectivity index (χ0) is 17.0. The zero-order valence-corrected chi connectivity index (χ0v) is 15.4. The van der Waals surface area contributed by atoms with Crippen molar-refractivity contribution in [3.63, 3.8) is 0 Å². The van der Waals surface area contributed by atoms with E-state index < -0.39 is 0 Å². The lowest BCUT2D eigenvalue weighted by atomic mass is 10.1. The number of anilines is 1. The molecule has 2 heteroatoms. The van der Waals surface area contributed by atoms with Gasteiger partial charge in [-0.2, -0.15) is 0 Å². The Labute approximate surface area is 147 Å². The predicted octanol–water partition coefficient (Wildman–Crippen LogP) is 6.79. The normalized spacial score (nSPS) is 10.9. The Balaban J connectivity index is 1.97. The Morgan fingerprint density at radius 3 is 2.25 bits per heavy atom. The van der Waals surface area contributed by atoms with Crippen molar-refractivity contribution in [3.05, 3.63) is 36.4 Å². The van der Waals surface area contributed by atoms with Crippen LogP contribution in [0.3, 0.4) is 0 Å². The molecule has 0 aliphatic carbocycles. The highest BCUT2D eigenvalue weighted by Gasteiger charge is 2.05. The van der Waals surface area contributed by atoms with Crippen LogP contribution in [0.5, 0.6) is 5.75 Å². The number of ether oxygens (including phenoxy) is 1. The smallest absolute Gasteiger partial charge is 0.127 e. The first kappa shape index (κ1) is 18.6. The molecule has 0 saturated heterocycles. The molecule has 0 spiro atoms. The molecule has 0 amide bonds. The van der Waals surface area contributed by atoms with Crippen molar-refractivity contribution in [2.24, 2.45) is 0 Å². The molecule has 0 saturated carbocycles. The fraction of sp³-hybridized carbons (Fsp3) is 0.545. The summed E-state index contributed by atoms with van der Waals surface area (Å²) in [7, 11) is 0. The maximum Gasteiger partial charge on any atom is 0.127 e. The van der Waals surface area contributed by atoms with Gasteiger partial charge in [-0.3, -0.25) is 0 Å². The van der Waals surface area contributed by atoms with Crippen LogP contribution >= 0.6 is 0 Å². The maximum absolute atomic E-state index is 6.05. The summed E-state index contributed by atoms with van der Waals surface area (Å²) < 4.78 is 6.05. The average Bonchev–Trinajstić information content (AvgIpc) is 2.61. The Bertz CT molecular complexity index is 540. The van der Waals surface area contributed by atoms with Crippen LogP contribution in [0.15, 0.2) is 36.4 Å². The van der Waals surface area contributed by atoms with Crippen LogP contribution < -0.4 is 10.1 Å². The first-order valence-corrected chi connectivity index (χ1v) is 9.75. The quantitative estimate of drug-likeness (QED) is 0.433. The minimum absolute atomic E-state index is 0.813. The monoisotopic (exact) mass is 327 g/mol. The Morgan fingerprint density at radius 1 is 0.750 bits per heavy atom. The third-order valence-corrected chi connectivity index (χ3v) is 4.48. The molecule has 1 N–H and O–H groups in total. The molecule has 0 unspecified atom stereocenters. The molecule has 0 bridgehead atoms. The number of unbranched alkanes of at least 4 members (excludes halogenated alkanes) is 6. The minimum Gasteiger partial charge on any atom is -0.493 e. The third kappa shape index (κ3) is 5.74. The van der Waals surface area contributed by atoms with Crippen molar-refractivity contribution in [1.29, 1.82) is 0 Å². The van der Waals surface area contributed by atoms with Crippen molar-refractivity contribution in [2.45, 2.75) is 65.2 Å². The van der Waals surface area contributed by atoms with Crippen LogP contribution in [0.25, 0.3) is 10.8 Å². The van der Waals surface area contributed by atoms with E-state index in [0.717, 1.165) is 25.3 Å². The molecule has 0 aromatic heterocycles. The summed E-state index contributed by atoms with van der Waals surface area (Å²) in [6.45, 7) is 6.35. The molecule has 2 nitrogen and oxygen atoms in total. The Kier molecular flexibility index (Phi) is 8.51. The zero-order valence-electron chi connectivity index (χ0n) is 15.4. The van der Waals surface area contributed by atoms with E-state index >= 15 is 0 Å². The van der Waals surface area contributed by atoms with Crippen LogP contribution in [-0.2, 0) is 0 Å². The SMILES string of the molecule is CCCCCCNc1cccc2c(OCCCCCC)cccc12. The molecule has 132 valence electrons. The lowest BCUT2D eigenvalue weighted by Crippen LogP contribution is -2.02. The summed E-state index contributed by atoms with van der Waals surface area (Å²) in [6.07, 6.45) is 10.1. The summed E-state index contributed by atoms with van der Waals surface area (Å²) in [6, 6.07) is 12.8. The van der Waals surface area contributed by atoms with Crippen molar-refractivity contribution in [3.8, 4) is 5.75 Å². The summed E-state index contributed by atoms with van der Waals surface area (Å²) in [5.74, 6) is 1.01. The van der Waals surface area contributed by atoms with E-state index in [0.29, 0.717) is 0 Å². The van der Waals surface area contributed by atoms with Crippen molar-refractivity contribution >= 4 is 16.5 Å². The number of rotatable bonds is 12. The van der Waals surface area contributed by atoms with Crippen LogP contribution in [0.1, 0.15) is 65.2 Å². The second-order valence-corrected chi connectivity index (χ2v) is 6.55.